The smallest absolute Gasteiger partial charge is 0.223 e. The van der Waals surface area contributed by atoms with Crippen LogP contribution >= 0.6 is 0 Å². The fraction of sp³-hybridized carbons (Fsp3) is 0.615. The van der Waals surface area contributed by atoms with Gasteiger partial charge in [0.15, 0.2) is 0 Å². The van der Waals surface area contributed by atoms with Crippen molar-refractivity contribution in [3.05, 3.63) is 24.2 Å². The summed E-state index contributed by atoms with van der Waals surface area (Å²) in [7, 11) is 0. The maximum absolute atomic E-state index is 11.9. The van der Waals surface area contributed by atoms with Crippen LogP contribution in [0, 0.1) is 0 Å². The first kappa shape index (κ1) is 12.8. The first-order chi connectivity index (χ1) is 7.77. The summed E-state index contributed by atoms with van der Waals surface area (Å²) < 4.78 is 5.21. The Labute approximate surface area is 97.4 Å². The van der Waals surface area contributed by atoms with Crippen molar-refractivity contribution >= 4 is 5.91 Å². The van der Waals surface area contributed by atoms with E-state index in [4.69, 9.17) is 4.42 Å². The first-order valence-electron chi connectivity index (χ1n) is 6.08. The highest BCUT2D eigenvalue weighted by molar-refractivity contribution is 5.76. The second-order valence-corrected chi connectivity index (χ2v) is 3.96. The van der Waals surface area contributed by atoms with Crippen molar-refractivity contribution in [2.24, 2.45) is 0 Å². The highest BCUT2D eigenvalue weighted by Gasteiger charge is 2.11. The average Bonchev–Trinajstić information content (AvgIpc) is 2.78. The Morgan fingerprint density at radius 1 is 1.31 bits per heavy atom. The lowest BCUT2D eigenvalue weighted by atomic mass is 10.2. The second kappa shape index (κ2) is 7.09. The van der Waals surface area contributed by atoms with Crippen molar-refractivity contribution in [2.45, 2.75) is 39.5 Å². The lowest BCUT2D eigenvalue weighted by Crippen LogP contribution is -2.32. The summed E-state index contributed by atoms with van der Waals surface area (Å²) in [6.45, 7) is 5.93. The molecule has 0 radical (unpaired) electrons. The number of hydrogen-bond donors (Lipinski definition) is 0. The van der Waals surface area contributed by atoms with Crippen LogP contribution in [0.5, 0.6) is 0 Å². The molecule has 3 heteroatoms. The van der Waals surface area contributed by atoms with Crippen LogP contribution in [0.1, 0.15) is 38.9 Å². The van der Waals surface area contributed by atoms with E-state index in [1.165, 1.54) is 0 Å². The van der Waals surface area contributed by atoms with Crippen molar-refractivity contribution in [2.75, 3.05) is 13.1 Å². The molecule has 90 valence electrons. The molecule has 1 aromatic heterocycles. The zero-order chi connectivity index (χ0) is 11.8. The predicted octanol–water partition coefficient (Wildman–Crippen LogP) is 2.86. The standard InChI is InChI=1S/C13H21NO2/c1-3-9-14(10-4-2)13(15)8-7-12-6-5-11-16-12/h5-6,11H,3-4,7-10H2,1-2H3. The molecule has 0 aliphatic heterocycles. The zero-order valence-corrected chi connectivity index (χ0v) is 10.2. The first-order valence-corrected chi connectivity index (χ1v) is 6.08. The van der Waals surface area contributed by atoms with Gasteiger partial charge < -0.3 is 9.32 Å². The Kier molecular flexibility index (Phi) is 5.68. The molecule has 1 rings (SSSR count). The molecule has 0 atom stereocenters. The molecule has 0 aliphatic carbocycles. The molecule has 0 aliphatic rings. The Balaban J connectivity index is 2.36. The van der Waals surface area contributed by atoms with Crippen LogP contribution < -0.4 is 0 Å². The van der Waals surface area contributed by atoms with E-state index in [2.05, 4.69) is 13.8 Å². The Hall–Kier alpha value is -1.25. The van der Waals surface area contributed by atoms with Gasteiger partial charge in [-0.2, -0.15) is 0 Å². The van der Waals surface area contributed by atoms with Crippen molar-refractivity contribution in [3.63, 3.8) is 0 Å². The van der Waals surface area contributed by atoms with Gasteiger partial charge in [0, 0.05) is 25.9 Å². The van der Waals surface area contributed by atoms with E-state index in [9.17, 15) is 4.79 Å². The van der Waals surface area contributed by atoms with E-state index >= 15 is 0 Å². The number of amides is 1. The van der Waals surface area contributed by atoms with Gasteiger partial charge in [-0.05, 0) is 25.0 Å². The van der Waals surface area contributed by atoms with Crippen LogP contribution in [-0.4, -0.2) is 23.9 Å². The van der Waals surface area contributed by atoms with Gasteiger partial charge in [-0.15, -0.1) is 0 Å². The maximum Gasteiger partial charge on any atom is 0.223 e. The van der Waals surface area contributed by atoms with E-state index in [1.54, 1.807) is 6.26 Å². The molecule has 0 saturated carbocycles. The van der Waals surface area contributed by atoms with E-state index in [1.807, 2.05) is 17.0 Å². The highest BCUT2D eigenvalue weighted by Crippen LogP contribution is 2.06. The molecule has 16 heavy (non-hydrogen) atoms. The molecule has 1 aromatic rings. The van der Waals surface area contributed by atoms with E-state index in [0.29, 0.717) is 12.8 Å². The molecule has 0 unspecified atom stereocenters. The topological polar surface area (TPSA) is 33.5 Å². The van der Waals surface area contributed by atoms with Crippen molar-refractivity contribution in [1.82, 2.24) is 4.90 Å². The minimum absolute atomic E-state index is 0.236. The summed E-state index contributed by atoms with van der Waals surface area (Å²) in [4.78, 5) is 13.8. The normalized spacial score (nSPS) is 10.4. The monoisotopic (exact) mass is 223 g/mol. The van der Waals surface area contributed by atoms with E-state index in [0.717, 1.165) is 31.7 Å². The molecule has 0 aromatic carbocycles. The maximum atomic E-state index is 11.9. The van der Waals surface area contributed by atoms with Gasteiger partial charge in [-0.1, -0.05) is 13.8 Å². The van der Waals surface area contributed by atoms with Crippen molar-refractivity contribution in [3.8, 4) is 0 Å². The molecule has 1 heterocycles. The van der Waals surface area contributed by atoms with E-state index < -0.39 is 0 Å². The number of carbonyl (C=O) groups is 1. The van der Waals surface area contributed by atoms with Crippen LogP contribution in [0.15, 0.2) is 22.8 Å². The molecule has 0 N–H and O–H groups in total. The number of rotatable bonds is 7. The predicted molar refractivity (Wildman–Crippen MR) is 64.2 cm³/mol. The van der Waals surface area contributed by atoms with Crippen LogP contribution in [-0.2, 0) is 11.2 Å². The number of hydrogen-bond acceptors (Lipinski definition) is 2. The Morgan fingerprint density at radius 2 is 2.00 bits per heavy atom. The van der Waals surface area contributed by atoms with Gasteiger partial charge in [-0.25, -0.2) is 0 Å². The molecular weight excluding hydrogens is 202 g/mol. The summed E-state index contributed by atoms with van der Waals surface area (Å²) >= 11 is 0. The van der Waals surface area contributed by atoms with Crippen LogP contribution in [0.3, 0.4) is 0 Å². The number of nitrogens with zero attached hydrogens (tertiary/aromatic N) is 1. The third kappa shape index (κ3) is 4.09. The second-order valence-electron chi connectivity index (χ2n) is 3.96. The third-order valence-corrected chi connectivity index (χ3v) is 2.51. The van der Waals surface area contributed by atoms with Gasteiger partial charge in [0.2, 0.25) is 5.91 Å². The number of carbonyl (C=O) groups excluding carboxylic acids is 1. The lowest BCUT2D eigenvalue weighted by molar-refractivity contribution is -0.131. The largest absolute Gasteiger partial charge is 0.469 e. The number of furan rings is 1. The van der Waals surface area contributed by atoms with Crippen molar-refractivity contribution in [1.29, 1.82) is 0 Å². The average molecular weight is 223 g/mol. The molecule has 3 nitrogen and oxygen atoms in total. The summed E-state index contributed by atoms with van der Waals surface area (Å²) in [5.74, 6) is 1.13. The Bertz CT molecular complexity index is 287. The highest BCUT2D eigenvalue weighted by atomic mass is 16.3. The number of aryl methyl sites for hydroxylation is 1. The molecule has 0 spiro atoms. The summed E-state index contributed by atoms with van der Waals surface area (Å²) in [5.41, 5.74) is 0. The molecule has 0 saturated heterocycles. The third-order valence-electron chi connectivity index (χ3n) is 2.51. The zero-order valence-electron chi connectivity index (χ0n) is 10.2. The van der Waals surface area contributed by atoms with Gasteiger partial charge in [0.1, 0.15) is 5.76 Å². The van der Waals surface area contributed by atoms with Gasteiger partial charge in [-0.3, -0.25) is 4.79 Å². The fourth-order valence-corrected chi connectivity index (χ4v) is 1.74. The molecular formula is C13H21NO2. The minimum Gasteiger partial charge on any atom is -0.469 e. The lowest BCUT2D eigenvalue weighted by Gasteiger charge is -2.21. The summed E-state index contributed by atoms with van der Waals surface area (Å²) in [5, 5.41) is 0. The Morgan fingerprint density at radius 3 is 2.50 bits per heavy atom. The van der Waals surface area contributed by atoms with Crippen LogP contribution in [0.25, 0.3) is 0 Å². The minimum atomic E-state index is 0.236. The molecule has 0 fully saturated rings. The van der Waals surface area contributed by atoms with Crippen LogP contribution in [0.4, 0.5) is 0 Å². The molecule has 1 amide bonds. The van der Waals surface area contributed by atoms with Crippen molar-refractivity contribution < 1.29 is 9.21 Å². The van der Waals surface area contributed by atoms with Gasteiger partial charge in [0.05, 0.1) is 6.26 Å². The van der Waals surface area contributed by atoms with Gasteiger partial charge >= 0.3 is 0 Å². The van der Waals surface area contributed by atoms with Gasteiger partial charge in [0.25, 0.3) is 0 Å². The SMILES string of the molecule is CCCN(CCC)C(=O)CCc1ccco1. The quantitative estimate of drug-likeness (QED) is 0.712. The summed E-state index contributed by atoms with van der Waals surface area (Å²) in [6, 6.07) is 3.77. The molecule has 0 bridgehead atoms. The summed E-state index contributed by atoms with van der Waals surface area (Å²) in [6.07, 6.45) is 4.94. The van der Waals surface area contributed by atoms with Crippen LogP contribution in [0.2, 0.25) is 0 Å². The van der Waals surface area contributed by atoms with E-state index in [-0.39, 0.29) is 5.91 Å². The fourth-order valence-electron chi connectivity index (χ4n) is 1.74.